The Morgan fingerprint density at radius 1 is 0.259 bits per heavy atom. The minimum absolute atomic E-state index is 0.0914. The van der Waals surface area contributed by atoms with Gasteiger partial charge in [-0.15, -0.1) is 0 Å². The van der Waals surface area contributed by atoms with Gasteiger partial charge in [-0.25, -0.2) is 0 Å². The van der Waals surface area contributed by atoms with Crippen molar-refractivity contribution in [1.82, 2.24) is 0 Å². The molecule has 1 atom stereocenters. The number of ether oxygens (including phenoxy) is 3. The molecule has 0 saturated heterocycles. The summed E-state index contributed by atoms with van der Waals surface area (Å²) < 4.78 is 17.0. The van der Waals surface area contributed by atoms with Crippen molar-refractivity contribution in [2.75, 3.05) is 13.2 Å². The third kappa shape index (κ3) is 66.5. The Kier molecular flexibility index (Phi) is 64.8. The highest BCUT2D eigenvalue weighted by Gasteiger charge is 2.19. The van der Waals surface area contributed by atoms with E-state index in [0.29, 0.717) is 19.3 Å². The smallest absolute Gasteiger partial charge is 0.306 e. The first kappa shape index (κ1) is 76.8. The molecular formula is C75H126O6. The fraction of sp³-hybridized carbons (Fsp3) is 0.693. The number of unbranched alkanes of at least 4 members (excludes halogenated alkanes) is 30. The van der Waals surface area contributed by atoms with Crippen molar-refractivity contribution in [3.05, 3.63) is 122 Å². The normalized spacial score (nSPS) is 12.9. The van der Waals surface area contributed by atoms with Gasteiger partial charge in [0.05, 0.1) is 0 Å². The fourth-order valence-electron chi connectivity index (χ4n) is 9.40. The van der Waals surface area contributed by atoms with Crippen LogP contribution in [0.2, 0.25) is 0 Å². The van der Waals surface area contributed by atoms with Crippen LogP contribution >= 0.6 is 0 Å². The average molecular weight is 1120 g/mol. The molecule has 0 bridgehead atoms. The van der Waals surface area contributed by atoms with Crippen LogP contribution in [0.5, 0.6) is 0 Å². The van der Waals surface area contributed by atoms with Gasteiger partial charge in [0.2, 0.25) is 0 Å². The van der Waals surface area contributed by atoms with Crippen molar-refractivity contribution in [2.24, 2.45) is 0 Å². The van der Waals surface area contributed by atoms with Gasteiger partial charge in [0.1, 0.15) is 13.2 Å². The summed E-state index contributed by atoms with van der Waals surface area (Å²) in [4.78, 5) is 38.4. The second-order valence-electron chi connectivity index (χ2n) is 22.3. The fourth-order valence-corrected chi connectivity index (χ4v) is 9.40. The predicted octanol–water partition coefficient (Wildman–Crippen LogP) is 23.6. The second-order valence-corrected chi connectivity index (χ2v) is 22.3. The Morgan fingerprint density at radius 2 is 0.481 bits per heavy atom. The zero-order chi connectivity index (χ0) is 58.5. The minimum Gasteiger partial charge on any atom is -0.462 e. The summed E-state index contributed by atoms with van der Waals surface area (Å²) in [6.45, 7) is 6.41. The van der Waals surface area contributed by atoms with E-state index >= 15 is 0 Å². The van der Waals surface area contributed by atoms with Gasteiger partial charge in [-0.1, -0.05) is 290 Å². The van der Waals surface area contributed by atoms with E-state index in [-0.39, 0.29) is 31.1 Å². The molecule has 6 heteroatoms. The van der Waals surface area contributed by atoms with Crippen LogP contribution in [-0.4, -0.2) is 37.2 Å². The zero-order valence-electron chi connectivity index (χ0n) is 53.0. The lowest BCUT2D eigenvalue weighted by Gasteiger charge is -2.18. The van der Waals surface area contributed by atoms with Crippen molar-refractivity contribution in [2.45, 2.75) is 322 Å². The molecule has 6 nitrogen and oxygen atoms in total. The van der Waals surface area contributed by atoms with E-state index in [9.17, 15) is 14.4 Å². The topological polar surface area (TPSA) is 78.9 Å². The molecule has 1 unspecified atom stereocenters. The van der Waals surface area contributed by atoms with Crippen molar-refractivity contribution in [1.29, 1.82) is 0 Å². The summed E-state index contributed by atoms with van der Waals surface area (Å²) in [6.07, 6.45) is 94.9. The number of carbonyl (C=O) groups excluding carboxylic acids is 3. The van der Waals surface area contributed by atoms with Crippen LogP contribution in [0.15, 0.2) is 122 Å². The zero-order valence-corrected chi connectivity index (χ0v) is 53.0. The van der Waals surface area contributed by atoms with E-state index in [1.165, 1.54) is 141 Å². The Morgan fingerprint density at radius 3 is 0.765 bits per heavy atom. The maximum absolute atomic E-state index is 13.0. The molecular weight excluding hydrogens is 997 g/mol. The molecule has 0 fully saturated rings. The predicted molar refractivity (Wildman–Crippen MR) is 353 cm³/mol. The molecule has 0 amide bonds. The van der Waals surface area contributed by atoms with Crippen molar-refractivity contribution in [3.63, 3.8) is 0 Å². The summed E-state index contributed by atoms with van der Waals surface area (Å²) in [5, 5.41) is 0. The van der Waals surface area contributed by atoms with Crippen LogP contribution in [0.25, 0.3) is 0 Å². The highest BCUT2D eigenvalue weighted by molar-refractivity contribution is 5.71. The number of carbonyl (C=O) groups is 3. The van der Waals surface area contributed by atoms with E-state index in [2.05, 4.69) is 142 Å². The van der Waals surface area contributed by atoms with Gasteiger partial charge in [0.25, 0.3) is 0 Å². The molecule has 462 valence electrons. The Balaban J connectivity index is 4.41. The van der Waals surface area contributed by atoms with E-state index < -0.39 is 6.10 Å². The standard InChI is InChI=1S/C75H126O6/c1-4-7-10-13-16-19-22-25-28-31-33-35-36-37-38-40-41-44-47-50-53-56-59-62-65-68-74(77)80-71-72(70-79-73(76)67-64-61-58-55-52-49-46-43-30-27-24-21-18-15-12-9-6-3)81-75(78)69-66-63-60-57-54-51-48-45-42-39-34-32-29-26-23-20-17-14-11-8-5-2/h7,9-10,12,16,18-19,21,25,27-28,30,32-35,37-38,46,49,72H,4-6,8,11,13-15,17,20,22-24,26,29,31,36,39-45,47-48,50-71H2,1-3H3/b10-7-,12-9-,19-16-,21-18-,28-25-,30-27-,34-32-,35-33-,38-37-,49-46-. The highest BCUT2D eigenvalue weighted by Crippen LogP contribution is 2.16. The molecule has 0 radical (unpaired) electrons. The molecule has 0 aliphatic heterocycles. The largest absolute Gasteiger partial charge is 0.462 e. The van der Waals surface area contributed by atoms with E-state index in [0.717, 1.165) is 135 Å². The summed E-state index contributed by atoms with van der Waals surface area (Å²) in [5.74, 6) is -0.914. The van der Waals surface area contributed by atoms with Crippen LogP contribution in [0, 0.1) is 0 Å². The number of allylic oxidation sites excluding steroid dienone is 20. The Labute approximate surface area is 501 Å². The van der Waals surface area contributed by atoms with Gasteiger partial charge in [0.15, 0.2) is 6.10 Å². The van der Waals surface area contributed by atoms with Gasteiger partial charge < -0.3 is 14.2 Å². The van der Waals surface area contributed by atoms with Gasteiger partial charge in [-0.05, 0) is 128 Å². The van der Waals surface area contributed by atoms with Gasteiger partial charge in [0, 0.05) is 19.3 Å². The summed E-state index contributed by atoms with van der Waals surface area (Å²) in [5.41, 5.74) is 0. The summed E-state index contributed by atoms with van der Waals surface area (Å²) >= 11 is 0. The molecule has 0 saturated carbocycles. The monoisotopic (exact) mass is 1120 g/mol. The van der Waals surface area contributed by atoms with Crippen LogP contribution in [0.3, 0.4) is 0 Å². The van der Waals surface area contributed by atoms with Gasteiger partial charge >= 0.3 is 17.9 Å². The molecule has 81 heavy (non-hydrogen) atoms. The molecule has 0 aromatic heterocycles. The van der Waals surface area contributed by atoms with Crippen LogP contribution < -0.4 is 0 Å². The lowest BCUT2D eigenvalue weighted by Crippen LogP contribution is -2.30. The molecule has 0 aliphatic carbocycles. The van der Waals surface area contributed by atoms with Crippen LogP contribution in [-0.2, 0) is 28.6 Å². The molecule has 0 heterocycles. The van der Waals surface area contributed by atoms with E-state index in [4.69, 9.17) is 14.2 Å². The molecule has 0 aromatic rings. The lowest BCUT2D eigenvalue weighted by atomic mass is 10.1. The molecule has 0 rings (SSSR count). The number of hydrogen-bond acceptors (Lipinski definition) is 6. The maximum atomic E-state index is 13.0. The van der Waals surface area contributed by atoms with Gasteiger partial charge in [-0.2, -0.15) is 0 Å². The molecule has 0 aromatic carbocycles. The summed E-state index contributed by atoms with van der Waals surface area (Å²) in [6, 6.07) is 0. The first-order valence-corrected chi connectivity index (χ1v) is 34.0. The number of esters is 3. The maximum Gasteiger partial charge on any atom is 0.306 e. The second kappa shape index (κ2) is 68.3. The highest BCUT2D eigenvalue weighted by atomic mass is 16.6. The number of rotatable bonds is 61. The first-order valence-electron chi connectivity index (χ1n) is 34.0. The third-order valence-corrected chi connectivity index (χ3v) is 14.4. The molecule has 0 aliphatic rings. The quantitative estimate of drug-likeness (QED) is 0.0261. The van der Waals surface area contributed by atoms with Crippen molar-refractivity contribution < 1.29 is 28.6 Å². The minimum atomic E-state index is -0.797. The van der Waals surface area contributed by atoms with E-state index in [1.807, 2.05) is 0 Å². The Bertz CT molecular complexity index is 1670. The van der Waals surface area contributed by atoms with E-state index in [1.54, 1.807) is 0 Å². The lowest BCUT2D eigenvalue weighted by molar-refractivity contribution is -0.167. The summed E-state index contributed by atoms with van der Waals surface area (Å²) in [7, 11) is 0. The third-order valence-electron chi connectivity index (χ3n) is 14.4. The van der Waals surface area contributed by atoms with Crippen molar-refractivity contribution >= 4 is 17.9 Å². The Hall–Kier alpha value is -4.19. The first-order chi connectivity index (χ1) is 40.0. The SMILES string of the molecule is CC/C=C\C/C=C\C/C=C\C/C=C\C/C=C\CCCCCCCCCCCC(=O)OCC(COC(=O)CCCCCC/C=C\C/C=C\C/C=C\C/C=C\CC)OC(=O)CCCCCCCCCCC/C=C\CCCCCCCCCC. The molecule has 0 spiro atoms. The van der Waals surface area contributed by atoms with Gasteiger partial charge in [-0.3, -0.25) is 14.4 Å². The van der Waals surface area contributed by atoms with Crippen LogP contribution in [0.4, 0.5) is 0 Å². The van der Waals surface area contributed by atoms with Crippen molar-refractivity contribution in [3.8, 4) is 0 Å². The average Bonchev–Trinajstić information content (AvgIpc) is 3.47. The number of hydrogen-bond donors (Lipinski definition) is 0. The van der Waals surface area contributed by atoms with Crippen LogP contribution in [0.1, 0.15) is 316 Å². The molecule has 0 N–H and O–H groups in total.